The monoisotopic (exact) mass is 276 g/mol. The second-order valence-electron chi connectivity index (χ2n) is 3.72. The minimum absolute atomic E-state index is 0.280. The third-order valence-electron chi connectivity index (χ3n) is 2.54. The van der Waals surface area contributed by atoms with Gasteiger partial charge in [0, 0.05) is 23.2 Å². The van der Waals surface area contributed by atoms with Crippen molar-refractivity contribution >= 4 is 17.2 Å². The van der Waals surface area contributed by atoms with Gasteiger partial charge in [-0.15, -0.1) is 14.8 Å². The summed E-state index contributed by atoms with van der Waals surface area (Å²) in [5.74, 6) is 0.923. The number of ether oxygens (including phenoxy) is 1. The number of nitrogens with zero attached hydrogens (tertiary/aromatic N) is 5. The zero-order chi connectivity index (χ0) is 13.2. The van der Waals surface area contributed by atoms with Gasteiger partial charge in [-0.1, -0.05) is 17.7 Å². The van der Waals surface area contributed by atoms with Crippen molar-refractivity contribution in [1.82, 2.24) is 25.3 Å². The molecule has 0 aliphatic carbocycles. The third kappa shape index (κ3) is 2.20. The largest absolute Gasteiger partial charge is 0.437 e. The maximum absolute atomic E-state index is 6.06. The maximum Gasteiger partial charge on any atom is 0.239 e. The maximum atomic E-state index is 6.06. The summed E-state index contributed by atoms with van der Waals surface area (Å²) < 4.78 is 6.95. The summed E-state index contributed by atoms with van der Waals surface area (Å²) in [6.45, 7) is 0.280. The first kappa shape index (κ1) is 11.8. The summed E-state index contributed by atoms with van der Waals surface area (Å²) in [5.41, 5.74) is 6.92. The van der Waals surface area contributed by atoms with E-state index >= 15 is 0 Å². The van der Waals surface area contributed by atoms with Crippen molar-refractivity contribution < 1.29 is 4.74 Å². The molecule has 3 aromatic rings. The second kappa shape index (κ2) is 4.79. The van der Waals surface area contributed by atoms with E-state index in [1.165, 1.54) is 4.63 Å². The molecule has 0 aliphatic rings. The van der Waals surface area contributed by atoms with E-state index in [1.807, 2.05) is 0 Å². The molecule has 2 N–H and O–H groups in total. The summed E-state index contributed by atoms with van der Waals surface area (Å²) >= 11 is 6.06. The van der Waals surface area contributed by atoms with E-state index in [-0.39, 0.29) is 6.54 Å². The highest BCUT2D eigenvalue weighted by molar-refractivity contribution is 6.31. The Kier molecular flexibility index (Phi) is 2.98. The normalized spacial score (nSPS) is 10.8. The summed E-state index contributed by atoms with van der Waals surface area (Å²) in [6.07, 6.45) is 0. The first-order valence-electron chi connectivity index (χ1n) is 5.48. The van der Waals surface area contributed by atoms with Crippen LogP contribution in [0.4, 0.5) is 0 Å². The van der Waals surface area contributed by atoms with Gasteiger partial charge in [0.1, 0.15) is 5.75 Å². The Hall–Kier alpha value is -2.25. The highest BCUT2D eigenvalue weighted by Crippen LogP contribution is 2.29. The molecule has 2 aromatic heterocycles. The van der Waals surface area contributed by atoms with Gasteiger partial charge in [0.2, 0.25) is 5.88 Å². The van der Waals surface area contributed by atoms with Crippen LogP contribution in [0.3, 0.4) is 0 Å². The summed E-state index contributed by atoms with van der Waals surface area (Å²) in [6, 6.07) is 8.70. The molecule has 0 spiro atoms. The van der Waals surface area contributed by atoms with Crippen molar-refractivity contribution in [2.45, 2.75) is 6.54 Å². The summed E-state index contributed by atoms with van der Waals surface area (Å²) in [4.78, 5) is 0. The molecule has 1 aromatic carbocycles. The number of rotatable bonds is 3. The zero-order valence-corrected chi connectivity index (χ0v) is 10.4. The predicted molar refractivity (Wildman–Crippen MR) is 68.0 cm³/mol. The Morgan fingerprint density at radius 1 is 1.26 bits per heavy atom. The van der Waals surface area contributed by atoms with Gasteiger partial charge < -0.3 is 10.5 Å². The molecule has 0 amide bonds. The van der Waals surface area contributed by atoms with Gasteiger partial charge in [0.25, 0.3) is 0 Å². The van der Waals surface area contributed by atoms with Gasteiger partial charge in [-0.2, -0.15) is 0 Å². The minimum atomic E-state index is 0.280. The number of benzene rings is 1. The van der Waals surface area contributed by atoms with Crippen molar-refractivity contribution in [3.8, 4) is 11.6 Å². The van der Waals surface area contributed by atoms with Crippen LogP contribution in [0.5, 0.6) is 11.6 Å². The molecule has 0 atom stereocenters. The fourth-order valence-electron chi connectivity index (χ4n) is 1.63. The number of hydrogen-bond acceptors (Lipinski definition) is 6. The average molecular weight is 277 g/mol. The van der Waals surface area contributed by atoms with Gasteiger partial charge in [0.15, 0.2) is 5.65 Å². The SMILES string of the molecule is NCc1c(Cl)cccc1Oc1ccc2nnnn2n1. The predicted octanol–water partition coefficient (Wildman–Crippen LogP) is 1.42. The van der Waals surface area contributed by atoms with Crippen LogP contribution in [0.2, 0.25) is 5.02 Å². The average Bonchev–Trinajstić information content (AvgIpc) is 2.86. The highest BCUT2D eigenvalue weighted by atomic mass is 35.5. The third-order valence-corrected chi connectivity index (χ3v) is 2.89. The van der Waals surface area contributed by atoms with Crippen LogP contribution in [-0.2, 0) is 6.54 Å². The summed E-state index contributed by atoms with van der Waals surface area (Å²) in [7, 11) is 0. The van der Waals surface area contributed by atoms with E-state index < -0.39 is 0 Å². The molecule has 0 aliphatic heterocycles. The number of hydrogen-bond donors (Lipinski definition) is 1. The Morgan fingerprint density at radius 2 is 2.16 bits per heavy atom. The molecule has 3 rings (SSSR count). The van der Waals surface area contributed by atoms with E-state index in [1.54, 1.807) is 30.3 Å². The number of tetrazole rings is 1. The van der Waals surface area contributed by atoms with Crippen LogP contribution in [0.1, 0.15) is 5.56 Å². The number of fused-ring (bicyclic) bond motifs is 1. The van der Waals surface area contributed by atoms with Crippen LogP contribution in [0.25, 0.3) is 5.65 Å². The summed E-state index contributed by atoms with van der Waals surface area (Å²) in [5, 5.41) is 15.6. The number of halogens is 1. The molecule has 0 radical (unpaired) electrons. The topological polar surface area (TPSA) is 91.2 Å². The van der Waals surface area contributed by atoms with E-state index in [0.29, 0.717) is 22.3 Å². The fraction of sp³-hybridized carbons (Fsp3) is 0.0909. The standard InChI is InChI=1S/C11H9ClN6O/c12-8-2-1-3-9(7(8)6-13)19-11-5-4-10-14-16-17-18(10)15-11/h1-5H,6,13H2. The molecule has 7 nitrogen and oxygen atoms in total. The quantitative estimate of drug-likeness (QED) is 0.778. The van der Waals surface area contributed by atoms with Crippen LogP contribution in [0.15, 0.2) is 30.3 Å². The van der Waals surface area contributed by atoms with Gasteiger partial charge in [-0.25, -0.2) is 0 Å². The van der Waals surface area contributed by atoms with Crippen LogP contribution >= 0.6 is 11.6 Å². The van der Waals surface area contributed by atoms with E-state index in [2.05, 4.69) is 20.6 Å². The van der Waals surface area contributed by atoms with E-state index in [4.69, 9.17) is 22.1 Å². The Labute approximate surface area is 112 Å². The molecule has 0 fully saturated rings. The smallest absolute Gasteiger partial charge is 0.239 e. The van der Waals surface area contributed by atoms with Gasteiger partial charge in [-0.05, 0) is 28.6 Å². The Bertz CT molecular complexity index is 728. The molecule has 2 heterocycles. The van der Waals surface area contributed by atoms with Gasteiger partial charge in [0.05, 0.1) is 0 Å². The van der Waals surface area contributed by atoms with Crippen molar-refractivity contribution in [2.75, 3.05) is 0 Å². The van der Waals surface area contributed by atoms with E-state index in [9.17, 15) is 0 Å². The molecule has 96 valence electrons. The lowest BCUT2D eigenvalue weighted by atomic mass is 10.2. The van der Waals surface area contributed by atoms with Crippen LogP contribution < -0.4 is 10.5 Å². The van der Waals surface area contributed by atoms with Crippen molar-refractivity contribution in [2.24, 2.45) is 5.73 Å². The first-order valence-corrected chi connectivity index (χ1v) is 5.86. The molecule has 0 bridgehead atoms. The Morgan fingerprint density at radius 3 is 3.00 bits per heavy atom. The number of aromatic nitrogens is 5. The van der Waals surface area contributed by atoms with Crippen LogP contribution in [0, 0.1) is 0 Å². The van der Waals surface area contributed by atoms with E-state index in [0.717, 1.165) is 5.56 Å². The number of nitrogens with two attached hydrogens (primary N) is 1. The molecular weight excluding hydrogens is 268 g/mol. The molecule has 0 unspecified atom stereocenters. The lowest BCUT2D eigenvalue weighted by molar-refractivity contribution is 0.442. The highest BCUT2D eigenvalue weighted by Gasteiger charge is 2.09. The van der Waals surface area contributed by atoms with Crippen molar-refractivity contribution in [3.05, 3.63) is 40.9 Å². The molecule has 19 heavy (non-hydrogen) atoms. The Balaban J connectivity index is 1.98. The fourth-order valence-corrected chi connectivity index (χ4v) is 1.88. The van der Waals surface area contributed by atoms with Crippen LogP contribution in [-0.4, -0.2) is 25.3 Å². The first-order chi connectivity index (χ1) is 9.28. The minimum Gasteiger partial charge on any atom is -0.437 e. The lowest BCUT2D eigenvalue weighted by Gasteiger charge is -2.10. The molecule has 0 saturated carbocycles. The zero-order valence-electron chi connectivity index (χ0n) is 9.69. The van der Waals surface area contributed by atoms with Crippen molar-refractivity contribution in [1.29, 1.82) is 0 Å². The molecule has 0 saturated heterocycles. The van der Waals surface area contributed by atoms with Gasteiger partial charge in [-0.3, -0.25) is 0 Å². The van der Waals surface area contributed by atoms with Gasteiger partial charge >= 0.3 is 0 Å². The molecular formula is C11H9ClN6O. The second-order valence-corrected chi connectivity index (χ2v) is 4.13. The molecule has 8 heteroatoms. The van der Waals surface area contributed by atoms with Crippen molar-refractivity contribution in [3.63, 3.8) is 0 Å². The lowest BCUT2D eigenvalue weighted by Crippen LogP contribution is -2.02.